The molecule has 0 aliphatic carbocycles. The molecule has 0 fully saturated rings. The molecule has 5 aromatic rings. The first-order valence-electron chi connectivity index (χ1n) is 15.1. The first kappa shape index (κ1) is 27.6. The van der Waals surface area contributed by atoms with E-state index < -0.39 is 0 Å². The third-order valence-corrected chi connectivity index (χ3v) is 8.67. The van der Waals surface area contributed by atoms with E-state index in [1.165, 1.54) is 38.2 Å². The maximum absolute atomic E-state index is 6.41. The van der Waals surface area contributed by atoms with Gasteiger partial charge in [-0.25, -0.2) is 0 Å². The topological polar surface area (TPSA) is 12.5 Å². The Morgan fingerprint density at radius 1 is 0.833 bits per heavy atom. The quantitative estimate of drug-likeness (QED) is 0.170. The maximum atomic E-state index is 6.41. The molecule has 5 aromatic carbocycles. The highest BCUT2D eigenvalue weighted by molar-refractivity contribution is 5.99. The van der Waals surface area contributed by atoms with Crippen LogP contribution in [0.2, 0.25) is 0 Å². The van der Waals surface area contributed by atoms with E-state index >= 15 is 0 Å². The normalized spacial score (nSPS) is 15.3. The van der Waals surface area contributed by atoms with Gasteiger partial charge in [0.1, 0.15) is 0 Å². The summed E-state index contributed by atoms with van der Waals surface area (Å²) >= 11 is 0. The zero-order valence-corrected chi connectivity index (χ0v) is 24.9. The summed E-state index contributed by atoms with van der Waals surface area (Å²) in [6.07, 6.45) is 9.26. The fourth-order valence-corrected chi connectivity index (χ4v) is 6.38. The van der Waals surface area contributed by atoms with E-state index in [0.29, 0.717) is 0 Å². The molecular formula is C40H39NO. The van der Waals surface area contributed by atoms with E-state index in [4.69, 9.17) is 4.74 Å². The third-order valence-electron chi connectivity index (χ3n) is 8.67. The Morgan fingerprint density at radius 2 is 1.55 bits per heavy atom. The van der Waals surface area contributed by atoms with Crippen molar-refractivity contribution in [3.8, 4) is 5.75 Å². The smallest absolute Gasteiger partial charge is 0.200 e. The van der Waals surface area contributed by atoms with Crippen molar-refractivity contribution in [1.29, 1.82) is 0 Å². The SMILES string of the molecule is C=C(/C=C/C=C1\Oc2ccc3ccccc3c2N1CCC)C(C)(Cc1ccc2ccccc2c1)c1ccccc1CC. The second-order valence-corrected chi connectivity index (χ2v) is 11.5. The van der Waals surface area contributed by atoms with E-state index in [-0.39, 0.29) is 5.41 Å². The van der Waals surface area contributed by atoms with Gasteiger partial charge in [0.15, 0.2) is 5.75 Å². The molecule has 2 heteroatoms. The van der Waals surface area contributed by atoms with Gasteiger partial charge in [-0.1, -0.05) is 137 Å². The standard InChI is InChI=1S/C40H39NO/c1-5-26-41-38(42-37-25-24-33-17-9-11-19-35(33)39(37)41)21-13-14-29(3)40(4,36-20-12-10-15-31(36)6-2)28-30-22-23-32-16-7-8-18-34(32)27-30/h7-25,27H,3,5-6,26,28H2,1-2,4H3/b14-13+,38-21-. The number of rotatable bonds is 9. The molecule has 0 saturated carbocycles. The summed E-state index contributed by atoms with van der Waals surface area (Å²) < 4.78 is 6.41. The van der Waals surface area contributed by atoms with E-state index in [0.717, 1.165) is 48.7 Å². The maximum Gasteiger partial charge on any atom is 0.200 e. The van der Waals surface area contributed by atoms with Crippen LogP contribution in [0.1, 0.15) is 43.9 Å². The highest BCUT2D eigenvalue weighted by Crippen LogP contribution is 2.44. The highest BCUT2D eigenvalue weighted by Gasteiger charge is 2.31. The number of allylic oxidation sites excluding steroid dienone is 4. The minimum absolute atomic E-state index is 0.275. The minimum Gasteiger partial charge on any atom is -0.439 e. The predicted molar refractivity (Wildman–Crippen MR) is 179 cm³/mol. The van der Waals surface area contributed by atoms with Gasteiger partial charge >= 0.3 is 0 Å². The number of anilines is 1. The number of hydrogen-bond acceptors (Lipinski definition) is 2. The van der Waals surface area contributed by atoms with Gasteiger partial charge in [0.25, 0.3) is 0 Å². The van der Waals surface area contributed by atoms with Crippen molar-refractivity contribution < 1.29 is 4.74 Å². The Hall–Kier alpha value is -4.56. The van der Waals surface area contributed by atoms with Crippen molar-refractivity contribution in [1.82, 2.24) is 0 Å². The molecule has 1 unspecified atom stereocenters. The fourth-order valence-electron chi connectivity index (χ4n) is 6.38. The van der Waals surface area contributed by atoms with Gasteiger partial charge in [0.2, 0.25) is 5.88 Å². The number of ether oxygens (including phenoxy) is 1. The zero-order chi connectivity index (χ0) is 29.1. The Bertz CT molecular complexity index is 1830. The van der Waals surface area contributed by atoms with Crippen LogP contribution in [-0.2, 0) is 18.3 Å². The van der Waals surface area contributed by atoms with E-state index in [9.17, 15) is 0 Å². The van der Waals surface area contributed by atoms with Crippen molar-refractivity contribution >= 4 is 27.2 Å². The largest absolute Gasteiger partial charge is 0.439 e. The van der Waals surface area contributed by atoms with Crippen LogP contribution in [0, 0.1) is 0 Å². The Kier molecular flexibility index (Phi) is 7.71. The molecule has 6 rings (SSSR count). The number of fused-ring (bicyclic) bond motifs is 4. The molecule has 1 aliphatic heterocycles. The average molecular weight is 550 g/mol. The molecule has 0 aromatic heterocycles. The average Bonchev–Trinajstić information content (AvgIpc) is 3.38. The summed E-state index contributed by atoms with van der Waals surface area (Å²) in [7, 11) is 0. The van der Waals surface area contributed by atoms with Crippen molar-refractivity contribution in [3.05, 3.63) is 156 Å². The van der Waals surface area contributed by atoms with Crippen molar-refractivity contribution in [2.45, 2.75) is 45.4 Å². The Morgan fingerprint density at radius 3 is 2.36 bits per heavy atom. The second-order valence-electron chi connectivity index (χ2n) is 11.5. The summed E-state index contributed by atoms with van der Waals surface area (Å²) in [5, 5.41) is 4.99. The number of hydrogen-bond donors (Lipinski definition) is 0. The molecule has 0 spiro atoms. The molecule has 1 aliphatic rings. The zero-order valence-electron chi connectivity index (χ0n) is 24.9. The lowest BCUT2D eigenvalue weighted by Gasteiger charge is -2.33. The van der Waals surface area contributed by atoms with Crippen LogP contribution in [-0.4, -0.2) is 6.54 Å². The summed E-state index contributed by atoms with van der Waals surface area (Å²) in [5.41, 5.74) is 5.98. The third kappa shape index (κ3) is 5.14. The summed E-state index contributed by atoms with van der Waals surface area (Å²) in [4.78, 5) is 2.31. The molecule has 42 heavy (non-hydrogen) atoms. The van der Waals surface area contributed by atoms with Gasteiger partial charge in [-0.3, -0.25) is 0 Å². The van der Waals surface area contributed by atoms with Crippen molar-refractivity contribution in [3.63, 3.8) is 0 Å². The van der Waals surface area contributed by atoms with E-state index in [1.54, 1.807) is 0 Å². The van der Waals surface area contributed by atoms with Crippen LogP contribution in [0.15, 0.2) is 139 Å². The predicted octanol–water partition coefficient (Wildman–Crippen LogP) is 10.3. The van der Waals surface area contributed by atoms with Crippen LogP contribution >= 0.6 is 0 Å². The fraction of sp³-hybridized carbons (Fsp3) is 0.200. The van der Waals surface area contributed by atoms with Crippen LogP contribution < -0.4 is 9.64 Å². The molecule has 0 N–H and O–H groups in total. The summed E-state index contributed by atoms with van der Waals surface area (Å²) in [5.74, 6) is 1.77. The first-order chi connectivity index (χ1) is 20.5. The van der Waals surface area contributed by atoms with Crippen LogP contribution in [0.5, 0.6) is 5.75 Å². The van der Waals surface area contributed by atoms with Gasteiger partial charge < -0.3 is 9.64 Å². The Labute approximate surface area is 250 Å². The van der Waals surface area contributed by atoms with Gasteiger partial charge in [-0.05, 0) is 69.8 Å². The molecule has 0 amide bonds. The lowest BCUT2D eigenvalue weighted by molar-refractivity contribution is 0.438. The molecule has 0 saturated heterocycles. The molecule has 0 radical (unpaired) electrons. The highest BCUT2D eigenvalue weighted by atomic mass is 16.5. The molecule has 0 bridgehead atoms. The van der Waals surface area contributed by atoms with Crippen molar-refractivity contribution in [2.24, 2.45) is 0 Å². The first-order valence-corrected chi connectivity index (χ1v) is 15.1. The van der Waals surface area contributed by atoms with Gasteiger partial charge in [-0.15, -0.1) is 0 Å². The summed E-state index contributed by atoms with van der Waals surface area (Å²) in [6.45, 7) is 12.3. The molecule has 210 valence electrons. The van der Waals surface area contributed by atoms with Crippen molar-refractivity contribution in [2.75, 3.05) is 11.4 Å². The van der Waals surface area contributed by atoms with Gasteiger partial charge in [0.05, 0.1) is 5.69 Å². The van der Waals surface area contributed by atoms with Crippen LogP contribution in [0.25, 0.3) is 21.5 Å². The van der Waals surface area contributed by atoms with E-state index in [1.807, 2.05) is 0 Å². The molecule has 2 nitrogen and oxygen atoms in total. The van der Waals surface area contributed by atoms with E-state index in [2.05, 4.69) is 154 Å². The second kappa shape index (κ2) is 11.7. The van der Waals surface area contributed by atoms with Crippen LogP contribution in [0.4, 0.5) is 5.69 Å². The monoisotopic (exact) mass is 549 g/mol. The molecular weight excluding hydrogens is 510 g/mol. The van der Waals surface area contributed by atoms with Gasteiger partial charge in [-0.2, -0.15) is 0 Å². The van der Waals surface area contributed by atoms with Gasteiger partial charge in [0, 0.05) is 17.3 Å². The Balaban J connectivity index is 1.34. The minimum atomic E-state index is -0.275. The van der Waals surface area contributed by atoms with Crippen LogP contribution in [0.3, 0.4) is 0 Å². The lowest BCUT2D eigenvalue weighted by Crippen LogP contribution is -2.28. The summed E-state index contributed by atoms with van der Waals surface area (Å²) in [6, 6.07) is 37.0. The number of nitrogens with zero attached hydrogens (tertiary/aromatic N) is 1. The number of benzene rings is 5. The molecule has 1 atom stereocenters. The molecule has 1 heterocycles. The lowest BCUT2D eigenvalue weighted by atomic mass is 9.70. The number of aryl methyl sites for hydroxylation is 1.